The van der Waals surface area contributed by atoms with Crippen molar-refractivity contribution in [2.45, 2.75) is 13.5 Å². The van der Waals surface area contributed by atoms with Crippen molar-refractivity contribution in [1.29, 1.82) is 0 Å². The van der Waals surface area contributed by atoms with Crippen LogP contribution in [0.5, 0.6) is 5.75 Å². The van der Waals surface area contributed by atoms with Crippen LogP contribution >= 0.6 is 22.7 Å². The number of hydrogen-bond donors (Lipinski definition) is 2. The second-order valence-corrected chi connectivity index (χ2v) is 10.1. The zero-order valence-corrected chi connectivity index (χ0v) is 23.6. The molecule has 0 unspecified atom stereocenters. The Morgan fingerprint density at radius 3 is 2.31 bits per heavy atom. The van der Waals surface area contributed by atoms with E-state index in [9.17, 15) is 14.7 Å². The maximum absolute atomic E-state index is 12.1. The molecule has 212 valence electrons. The highest BCUT2D eigenvalue weighted by molar-refractivity contribution is 7.16. The Morgan fingerprint density at radius 2 is 1.67 bits per heavy atom. The molecule has 0 aliphatic carbocycles. The second kappa shape index (κ2) is 17.0. The van der Waals surface area contributed by atoms with Crippen molar-refractivity contribution in [1.82, 2.24) is 15.3 Å². The number of carbonyl (C=O) groups is 2. The van der Waals surface area contributed by atoms with Gasteiger partial charge in [-0.1, -0.05) is 6.07 Å². The number of methoxy groups -OCH3 is 1. The largest absolute Gasteiger partial charge is 0.507 e. The summed E-state index contributed by atoms with van der Waals surface area (Å²) in [5.74, 6) is -0.320. The lowest BCUT2D eigenvalue weighted by atomic mass is 10.1. The SMILES string of the molecule is COCCOCCOCCOCCOCC(=O)NCc1nc(C)c(-c2csc(-c3ccc(C=O)c(O)c3)n2)s1. The third-order valence-electron chi connectivity index (χ3n) is 5.20. The van der Waals surface area contributed by atoms with Gasteiger partial charge in [-0.25, -0.2) is 9.97 Å². The summed E-state index contributed by atoms with van der Waals surface area (Å²) in [4.78, 5) is 33.2. The molecule has 2 heterocycles. The van der Waals surface area contributed by atoms with Crippen molar-refractivity contribution in [3.05, 3.63) is 39.8 Å². The lowest BCUT2D eigenvalue weighted by Gasteiger charge is -2.07. The lowest BCUT2D eigenvalue weighted by molar-refractivity contribution is -0.126. The third-order valence-corrected chi connectivity index (χ3v) is 7.27. The van der Waals surface area contributed by atoms with Crippen LogP contribution in [-0.4, -0.2) is 93.8 Å². The van der Waals surface area contributed by atoms with Crippen molar-refractivity contribution < 1.29 is 38.4 Å². The number of aromatic hydroxyl groups is 1. The molecule has 0 spiro atoms. The summed E-state index contributed by atoms with van der Waals surface area (Å²) in [5.41, 5.74) is 2.54. The van der Waals surface area contributed by atoms with E-state index >= 15 is 0 Å². The molecule has 39 heavy (non-hydrogen) atoms. The van der Waals surface area contributed by atoms with E-state index in [2.05, 4.69) is 15.3 Å². The number of carbonyl (C=O) groups excluding carboxylic acids is 2. The zero-order valence-electron chi connectivity index (χ0n) is 22.0. The minimum absolute atomic E-state index is 0.0684. The molecule has 0 saturated carbocycles. The van der Waals surface area contributed by atoms with Gasteiger partial charge in [-0.3, -0.25) is 9.59 Å². The van der Waals surface area contributed by atoms with Crippen LogP contribution in [0, 0.1) is 6.92 Å². The molecule has 11 nitrogen and oxygen atoms in total. The summed E-state index contributed by atoms with van der Waals surface area (Å²) in [7, 11) is 1.63. The van der Waals surface area contributed by atoms with E-state index in [1.807, 2.05) is 12.3 Å². The van der Waals surface area contributed by atoms with E-state index in [1.165, 1.54) is 28.7 Å². The Kier molecular flexibility index (Phi) is 13.4. The minimum Gasteiger partial charge on any atom is -0.507 e. The summed E-state index contributed by atoms with van der Waals surface area (Å²) < 4.78 is 26.3. The average molecular weight is 580 g/mol. The predicted molar refractivity (Wildman–Crippen MR) is 147 cm³/mol. The number of aldehydes is 1. The maximum Gasteiger partial charge on any atom is 0.246 e. The lowest BCUT2D eigenvalue weighted by Crippen LogP contribution is -2.27. The number of nitrogens with zero attached hydrogens (tertiary/aromatic N) is 2. The Labute approximate surface area is 235 Å². The van der Waals surface area contributed by atoms with Crippen molar-refractivity contribution in [3.8, 4) is 26.9 Å². The van der Waals surface area contributed by atoms with Crippen LogP contribution < -0.4 is 5.32 Å². The Balaban J connectivity index is 1.31. The topological polar surface area (TPSA) is 138 Å². The van der Waals surface area contributed by atoms with Gasteiger partial charge in [0.1, 0.15) is 22.4 Å². The number of amides is 1. The van der Waals surface area contributed by atoms with Gasteiger partial charge in [0.15, 0.2) is 6.29 Å². The molecule has 3 rings (SSSR count). The first-order valence-corrected chi connectivity index (χ1v) is 14.0. The van der Waals surface area contributed by atoms with Crippen molar-refractivity contribution in [2.24, 2.45) is 0 Å². The molecule has 0 atom stereocenters. The van der Waals surface area contributed by atoms with Gasteiger partial charge in [-0.05, 0) is 19.1 Å². The summed E-state index contributed by atoms with van der Waals surface area (Å²) in [6.45, 7) is 5.81. The fraction of sp³-hybridized carbons (Fsp3) is 0.462. The monoisotopic (exact) mass is 579 g/mol. The van der Waals surface area contributed by atoms with Gasteiger partial charge in [0, 0.05) is 18.1 Å². The van der Waals surface area contributed by atoms with E-state index in [-0.39, 0.29) is 30.4 Å². The number of nitrogens with one attached hydrogen (secondary N) is 1. The number of ether oxygens (including phenoxy) is 5. The molecule has 0 aliphatic rings. The standard InChI is InChI=1S/C26H33N3O8S2/c1-18-25(21-17-38-26(29-21)19-3-4-20(15-30)22(31)13-19)39-24(28-18)14-27-23(32)16-37-12-11-36-10-9-35-8-7-34-6-5-33-2/h3-4,13,15,17,31H,5-12,14,16H2,1-2H3,(H,27,32). The van der Waals surface area contributed by atoms with Crippen molar-refractivity contribution in [2.75, 3.05) is 66.6 Å². The smallest absolute Gasteiger partial charge is 0.246 e. The van der Waals surface area contributed by atoms with Gasteiger partial charge in [-0.15, -0.1) is 22.7 Å². The number of benzene rings is 1. The number of phenolic OH excluding ortho intramolecular Hbond substituents is 1. The molecule has 2 aromatic heterocycles. The van der Waals surface area contributed by atoms with Gasteiger partial charge in [0.2, 0.25) is 5.91 Å². The number of phenols is 1. The van der Waals surface area contributed by atoms with E-state index in [1.54, 1.807) is 19.2 Å². The van der Waals surface area contributed by atoms with Crippen LogP contribution in [0.25, 0.3) is 21.1 Å². The maximum atomic E-state index is 12.1. The first kappa shape index (κ1) is 30.8. The van der Waals surface area contributed by atoms with Crippen LogP contribution in [0.2, 0.25) is 0 Å². The highest BCUT2D eigenvalue weighted by atomic mass is 32.1. The summed E-state index contributed by atoms with van der Waals surface area (Å²) in [5, 5.41) is 16.2. The van der Waals surface area contributed by atoms with E-state index < -0.39 is 0 Å². The molecule has 0 fully saturated rings. The number of aromatic nitrogens is 2. The molecule has 0 aliphatic heterocycles. The summed E-state index contributed by atoms with van der Waals surface area (Å²) >= 11 is 2.89. The fourth-order valence-corrected chi connectivity index (χ4v) is 5.09. The number of rotatable bonds is 19. The summed E-state index contributed by atoms with van der Waals surface area (Å²) in [6, 6.07) is 4.84. The molecule has 0 saturated heterocycles. The molecule has 1 amide bonds. The molecular formula is C26H33N3O8S2. The zero-order chi connectivity index (χ0) is 27.9. The van der Waals surface area contributed by atoms with Crippen molar-refractivity contribution in [3.63, 3.8) is 0 Å². The average Bonchev–Trinajstić information content (AvgIpc) is 3.56. The number of thiazole rings is 2. The van der Waals surface area contributed by atoms with E-state index in [0.29, 0.717) is 59.1 Å². The van der Waals surface area contributed by atoms with Crippen LogP contribution in [0.15, 0.2) is 23.6 Å². The van der Waals surface area contributed by atoms with Gasteiger partial charge in [-0.2, -0.15) is 0 Å². The highest BCUT2D eigenvalue weighted by Crippen LogP contribution is 2.35. The van der Waals surface area contributed by atoms with Gasteiger partial charge in [0.25, 0.3) is 0 Å². The van der Waals surface area contributed by atoms with E-state index in [0.717, 1.165) is 31.8 Å². The van der Waals surface area contributed by atoms with E-state index in [4.69, 9.17) is 23.7 Å². The van der Waals surface area contributed by atoms with Crippen molar-refractivity contribution >= 4 is 34.9 Å². The normalized spacial score (nSPS) is 11.1. The molecule has 1 aromatic carbocycles. The molecule has 3 aromatic rings. The number of hydrogen-bond acceptors (Lipinski definition) is 12. The van der Waals surface area contributed by atoms with Crippen LogP contribution in [-0.2, 0) is 35.0 Å². The van der Waals surface area contributed by atoms with Gasteiger partial charge >= 0.3 is 0 Å². The highest BCUT2D eigenvalue weighted by Gasteiger charge is 2.15. The minimum atomic E-state index is -0.240. The Hall–Kier alpha value is -2.78. The quantitative estimate of drug-likeness (QED) is 0.161. The molecular weight excluding hydrogens is 546 g/mol. The Bertz CT molecular complexity index is 1180. The molecule has 2 N–H and O–H groups in total. The summed E-state index contributed by atoms with van der Waals surface area (Å²) in [6.07, 6.45) is 0.608. The van der Waals surface area contributed by atoms with Crippen LogP contribution in [0.3, 0.4) is 0 Å². The third kappa shape index (κ3) is 10.4. The van der Waals surface area contributed by atoms with Gasteiger partial charge < -0.3 is 34.1 Å². The number of aryl methyl sites for hydroxylation is 1. The first-order valence-electron chi connectivity index (χ1n) is 12.3. The first-order chi connectivity index (χ1) is 19.0. The second-order valence-electron chi connectivity index (χ2n) is 8.11. The van der Waals surface area contributed by atoms with Crippen LogP contribution in [0.1, 0.15) is 21.1 Å². The van der Waals surface area contributed by atoms with Gasteiger partial charge in [0.05, 0.1) is 81.2 Å². The predicted octanol–water partition coefficient (Wildman–Crippen LogP) is 3.09. The fourth-order valence-electron chi connectivity index (χ4n) is 3.24. The molecule has 0 bridgehead atoms. The Morgan fingerprint density at radius 1 is 1.00 bits per heavy atom. The van der Waals surface area contributed by atoms with Crippen LogP contribution in [0.4, 0.5) is 0 Å². The molecule has 13 heteroatoms. The molecule has 0 radical (unpaired) electrons.